The number of nitrogens with one attached hydrogen (secondary N) is 1. The molecule has 0 aliphatic rings. The fourth-order valence-electron chi connectivity index (χ4n) is 3.36. The van der Waals surface area contributed by atoms with Crippen LogP contribution in [0.25, 0.3) is 22.4 Å². The molecule has 0 aliphatic heterocycles. The van der Waals surface area contributed by atoms with Crippen LogP contribution in [-0.2, 0) is 16.4 Å². The van der Waals surface area contributed by atoms with Gasteiger partial charge in [0.1, 0.15) is 5.82 Å². The molecule has 2 heterocycles. The lowest BCUT2D eigenvalue weighted by atomic mass is 10.1. The van der Waals surface area contributed by atoms with Crippen molar-refractivity contribution in [1.29, 1.82) is 0 Å². The number of benzene rings is 2. The monoisotopic (exact) mass is 474 g/mol. The Morgan fingerprint density at radius 1 is 1.03 bits per heavy atom. The minimum Gasteiger partial charge on any atom is -0.324 e. The predicted octanol–water partition coefficient (Wildman–Crippen LogP) is 4.66. The van der Waals surface area contributed by atoms with E-state index in [1.807, 2.05) is 6.92 Å². The van der Waals surface area contributed by atoms with Crippen LogP contribution in [-0.4, -0.2) is 34.4 Å². The van der Waals surface area contributed by atoms with Crippen LogP contribution in [0.15, 0.2) is 71.9 Å². The second-order valence-electron chi connectivity index (χ2n) is 7.05. The second kappa shape index (κ2) is 8.32. The van der Waals surface area contributed by atoms with E-state index in [1.54, 1.807) is 53.4 Å². The number of fused-ring (bicyclic) bond motifs is 1. The first kappa shape index (κ1) is 22.5. The summed E-state index contributed by atoms with van der Waals surface area (Å²) < 4.78 is 64.1. The van der Waals surface area contributed by atoms with Gasteiger partial charge in [0.05, 0.1) is 15.9 Å². The number of amides is 1. The number of rotatable bonds is 5. The smallest absolute Gasteiger partial charge is 0.324 e. The molecule has 2 aromatic carbocycles. The third-order valence-electron chi connectivity index (χ3n) is 4.99. The minimum atomic E-state index is -5.48. The number of hydrogen-bond acceptors (Lipinski definition) is 5. The summed E-state index contributed by atoms with van der Waals surface area (Å²) in [6.07, 6.45) is 3.11. The Kier molecular flexibility index (Phi) is 5.66. The van der Waals surface area contributed by atoms with E-state index in [0.29, 0.717) is 34.7 Å². The van der Waals surface area contributed by atoms with Crippen molar-refractivity contribution < 1.29 is 26.4 Å². The van der Waals surface area contributed by atoms with Gasteiger partial charge in [-0.25, -0.2) is 13.4 Å². The van der Waals surface area contributed by atoms with Crippen molar-refractivity contribution in [1.82, 2.24) is 14.5 Å². The van der Waals surface area contributed by atoms with Crippen LogP contribution in [0.3, 0.4) is 0 Å². The van der Waals surface area contributed by atoms with Gasteiger partial charge >= 0.3 is 5.51 Å². The zero-order chi connectivity index (χ0) is 23.8. The van der Waals surface area contributed by atoms with Crippen molar-refractivity contribution in [2.45, 2.75) is 23.9 Å². The van der Waals surface area contributed by atoms with E-state index in [9.17, 15) is 26.4 Å². The zero-order valence-corrected chi connectivity index (χ0v) is 18.0. The lowest BCUT2D eigenvalue weighted by Gasteiger charge is -2.09. The molecule has 11 heteroatoms. The molecule has 0 saturated carbocycles. The highest BCUT2D eigenvalue weighted by Crippen LogP contribution is 2.33. The highest BCUT2D eigenvalue weighted by molar-refractivity contribution is 7.92. The molecule has 0 aliphatic carbocycles. The number of pyridine rings is 1. The van der Waals surface area contributed by atoms with E-state index in [4.69, 9.17) is 0 Å². The molecule has 4 rings (SSSR count). The average molecular weight is 474 g/mol. The fraction of sp³-hybridized carbons (Fsp3) is 0.136. The maximum atomic E-state index is 12.9. The molecular formula is C22H17F3N4O3S. The summed E-state index contributed by atoms with van der Waals surface area (Å²) in [4.78, 5) is 19.8. The normalized spacial score (nSPS) is 12.1. The van der Waals surface area contributed by atoms with Gasteiger partial charge in [-0.15, -0.1) is 0 Å². The van der Waals surface area contributed by atoms with E-state index in [-0.39, 0.29) is 11.4 Å². The first-order valence-corrected chi connectivity index (χ1v) is 11.2. The molecular weight excluding hydrogens is 457 g/mol. The number of aryl methyl sites for hydroxylation is 1. The number of carbonyl (C=O) groups is 1. The van der Waals surface area contributed by atoms with Gasteiger partial charge in [0, 0.05) is 35.8 Å². The van der Waals surface area contributed by atoms with Gasteiger partial charge in [-0.05, 0) is 49.4 Å². The van der Waals surface area contributed by atoms with Gasteiger partial charge in [-0.1, -0.05) is 12.1 Å². The average Bonchev–Trinajstić information content (AvgIpc) is 3.17. The molecule has 0 bridgehead atoms. The quantitative estimate of drug-likeness (QED) is 0.454. The summed E-state index contributed by atoms with van der Waals surface area (Å²) in [6.45, 7) is 2.28. The first-order chi connectivity index (χ1) is 15.6. The number of carbonyl (C=O) groups excluding carboxylic acids is 1. The van der Waals surface area contributed by atoms with Gasteiger partial charge in [0.25, 0.3) is 15.7 Å². The molecule has 170 valence electrons. The Morgan fingerprint density at radius 2 is 1.70 bits per heavy atom. The molecule has 0 radical (unpaired) electrons. The Hall–Kier alpha value is -3.73. The van der Waals surface area contributed by atoms with E-state index < -0.39 is 20.2 Å². The standard InChI is InChI=1S/C22H17F3N4O3S/c1-2-29-19-8-7-17(33(31,32)22(23,24)25)13-18(19)28-20(29)14-3-5-15(6-4-14)21(30)27-16-9-11-26-12-10-16/h3-13H,2H2,1H3,(H,26,27,30). The molecule has 2 aromatic heterocycles. The molecule has 7 nitrogen and oxygen atoms in total. The van der Waals surface area contributed by atoms with Crippen LogP contribution in [0.2, 0.25) is 0 Å². The summed E-state index contributed by atoms with van der Waals surface area (Å²) in [5.74, 6) is 0.119. The number of nitrogens with zero attached hydrogens (tertiary/aromatic N) is 3. The Morgan fingerprint density at radius 3 is 2.30 bits per heavy atom. The summed E-state index contributed by atoms with van der Waals surface area (Å²) in [6, 6.07) is 13.0. The molecule has 0 spiro atoms. The maximum Gasteiger partial charge on any atom is 0.501 e. The highest BCUT2D eigenvalue weighted by atomic mass is 32.2. The SMILES string of the molecule is CCn1c(-c2ccc(C(=O)Nc3ccncc3)cc2)nc2cc(S(=O)(=O)C(F)(F)F)ccc21. The summed E-state index contributed by atoms with van der Waals surface area (Å²) in [5.41, 5.74) is -3.17. The van der Waals surface area contributed by atoms with Crippen molar-refractivity contribution in [2.24, 2.45) is 0 Å². The van der Waals surface area contributed by atoms with Gasteiger partial charge in [-0.2, -0.15) is 13.2 Å². The summed E-state index contributed by atoms with van der Waals surface area (Å²) in [5, 5.41) is 2.75. The second-order valence-corrected chi connectivity index (χ2v) is 8.99. The number of anilines is 1. The lowest BCUT2D eigenvalue weighted by molar-refractivity contribution is -0.0435. The molecule has 1 amide bonds. The van der Waals surface area contributed by atoms with Gasteiger partial charge < -0.3 is 9.88 Å². The molecule has 33 heavy (non-hydrogen) atoms. The van der Waals surface area contributed by atoms with Crippen LogP contribution in [0.1, 0.15) is 17.3 Å². The fourth-order valence-corrected chi connectivity index (χ4v) is 4.14. The van der Waals surface area contributed by atoms with Crippen LogP contribution in [0, 0.1) is 0 Å². The van der Waals surface area contributed by atoms with E-state index in [1.165, 1.54) is 6.07 Å². The third-order valence-corrected chi connectivity index (χ3v) is 6.48. The van der Waals surface area contributed by atoms with Crippen molar-refractivity contribution >= 4 is 32.5 Å². The number of hydrogen-bond donors (Lipinski definition) is 1. The summed E-state index contributed by atoms with van der Waals surface area (Å²) >= 11 is 0. The molecule has 0 saturated heterocycles. The largest absolute Gasteiger partial charge is 0.501 e. The Labute approximate surface area is 186 Å². The number of aromatic nitrogens is 3. The molecule has 1 N–H and O–H groups in total. The molecule has 0 fully saturated rings. The van der Waals surface area contributed by atoms with E-state index in [0.717, 1.165) is 12.1 Å². The van der Waals surface area contributed by atoms with Gasteiger partial charge in [-0.3, -0.25) is 9.78 Å². The van der Waals surface area contributed by atoms with Crippen molar-refractivity contribution in [3.8, 4) is 11.4 Å². The van der Waals surface area contributed by atoms with Crippen LogP contribution < -0.4 is 5.32 Å². The molecule has 4 aromatic rings. The number of imidazole rings is 1. The topological polar surface area (TPSA) is 93.9 Å². The van der Waals surface area contributed by atoms with Crippen molar-refractivity contribution in [3.63, 3.8) is 0 Å². The first-order valence-electron chi connectivity index (χ1n) is 9.75. The van der Waals surface area contributed by atoms with Crippen LogP contribution in [0.4, 0.5) is 18.9 Å². The minimum absolute atomic E-state index is 0.122. The number of sulfone groups is 1. The maximum absolute atomic E-state index is 12.9. The van der Waals surface area contributed by atoms with E-state index in [2.05, 4.69) is 15.3 Å². The Bertz CT molecular complexity index is 1430. The number of alkyl halides is 3. The number of halogens is 3. The van der Waals surface area contributed by atoms with Crippen molar-refractivity contribution in [3.05, 3.63) is 72.6 Å². The van der Waals surface area contributed by atoms with E-state index >= 15 is 0 Å². The zero-order valence-electron chi connectivity index (χ0n) is 17.2. The predicted molar refractivity (Wildman–Crippen MR) is 116 cm³/mol. The van der Waals surface area contributed by atoms with Gasteiger partial charge in [0.2, 0.25) is 0 Å². The molecule has 0 atom stereocenters. The van der Waals surface area contributed by atoms with Gasteiger partial charge in [0.15, 0.2) is 0 Å². The lowest BCUT2D eigenvalue weighted by Crippen LogP contribution is -2.23. The van der Waals surface area contributed by atoms with Crippen LogP contribution >= 0.6 is 0 Å². The van der Waals surface area contributed by atoms with Crippen molar-refractivity contribution in [2.75, 3.05) is 5.32 Å². The Balaban J connectivity index is 1.68. The van der Waals surface area contributed by atoms with Crippen LogP contribution in [0.5, 0.6) is 0 Å². The highest BCUT2D eigenvalue weighted by Gasteiger charge is 2.47. The third kappa shape index (κ3) is 4.19. The summed E-state index contributed by atoms with van der Waals surface area (Å²) in [7, 11) is -5.48. The molecule has 0 unspecified atom stereocenters.